The molecule has 4 fully saturated rings. The first kappa shape index (κ1) is 53.9. The van der Waals surface area contributed by atoms with Gasteiger partial charge in [0.15, 0.2) is 18.7 Å². The van der Waals surface area contributed by atoms with Gasteiger partial charge >= 0.3 is 11.9 Å². The quantitative estimate of drug-likeness (QED) is 0.246. The summed E-state index contributed by atoms with van der Waals surface area (Å²) in [6, 6.07) is -1.80. The van der Waals surface area contributed by atoms with Crippen LogP contribution in [-0.2, 0) is 47.5 Å². The van der Waals surface area contributed by atoms with Crippen molar-refractivity contribution in [1.82, 2.24) is 14.7 Å². The fourth-order valence-electron chi connectivity index (χ4n) is 10.4. The van der Waals surface area contributed by atoms with Crippen molar-refractivity contribution in [3.63, 3.8) is 0 Å². The summed E-state index contributed by atoms with van der Waals surface area (Å²) in [7, 11) is 7.08. The minimum absolute atomic E-state index is 0.0861. The first-order chi connectivity index (χ1) is 29.1. The predicted octanol–water partition coefficient (Wildman–Crippen LogP) is 2.76. The van der Waals surface area contributed by atoms with E-state index in [0.717, 1.165) is 0 Å². The molecule has 0 aromatic heterocycles. The average Bonchev–Trinajstić information content (AvgIpc) is 3.60. The Kier molecular flexibility index (Phi) is 18.4. The molecule has 0 radical (unpaired) electrons. The molecule has 4 heterocycles. The maximum Gasteiger partial charge on any atom is 0.330 e. The number of carbonyl (C=O) groups excluding carboxylic acids is 3. The van der Waals surface area contributed by atoms with Gasteiger partial charge in [0.1, 0.15) is 30.0 Å². The molecule has 0 aromatic carbocycles. The molecule has 4 saturated heterocycles. The molecular weight excluding hydrogens is 839 g/mol. The number of thioether (sulfide) groups is 1. The van der Waals surface area contributed by atoms with Gasteiger partial charge in [-0.15, -0.1) is 11.8 Å². The van der Waals surface area contributed by atoms with Crippen molar-refractivity contribution in [1.29, 1.82) is 0 Å². The lowest BCUT2D eigenvalue weighted by atomic mass is 9.77. The van der Waals surface area contributed by atoms with Crippen LogP contribution in [-0.4, -0.2) is 195 Å². The van der Waals surface area contributed by atoms with Crippen molar-refractivity contribution >= 4 is 29.6 Å². The average molecular weight is 920 g/mol. The Morgan fingerprint density at radius 1 is 0.952 bits per heavy atom. The summed E-state index contributed by atoms with van der Waals surface area (Å²) in [4.78, 5) is 46.7. The van der Waals surface area contributed by atoms with E-state index in [2.05, 4.69) is 0 Å². The van der Waals surface area contributed by atoms with Crippen LogP contribution in [0.4, 0.5) is 0 Å². The third-order valence-electron chi connectivity index (χ3n) is 14.3. The lowest BCUT2D eigenvalue weighted by Gasteiger charge is -2.49. The number of ether oxygens (including phenoxy) is 7. The molecule has 0 saturated carbocycles. The fraction of sp³-hybridized carbons (Fsp3) is 0.933. The number of rotatable bonds is 9. The third kappa shape index (κ3) is 12.1. The highest BCUT2D eigenvalue weighted by molar-refractivity contribution is 8.00. The molecule has 20 atom stereocenters. The van der Waals surface area contributed by atoms with Gasteiger partial charge in [-0.2, -0.15) is 0 Å². The highest BCUT2D eigenvalue weighted by atomic mass is 32.2. The van der Waals surface area contributed by atoms with E-state index in [-0.39, 0.29) is 42.6 Å². The van der Waals surface area contributed by atoms with Gasteiger partial charge in [0.25, 0.3) is 0 Å². The van der Waals surface area contributed by atoms with E-state index in [1.807, 2.05) is 51.7 Å². The Hall–Kier alpha value is -1.68. The van der Waals surface area contributed by atoms with Crippen LogP contribution < -0.4 is 0 Å². The van der Waals surface area contributed by atoms with Crippen molar-refractivity contribution in [2.75, 3.05) is 40.6 Å². The summed E-state index contributed by atoms with van der Waals surface area (Å²) in [6.07, 6.45) is -9.10. The Labute approximate surface area is 380 Å². The van der Waals surface area contributed by atoms with E-state index < -0.39 is 114 Å². The van der Waals surface area contributed by atoms with Crippen LogP contribution >= 0.6 is 11.8 Å². The van der Waals surface area contributed by atoms with Gasteiger partial charge < -0.3 is 68.3 Å². The number of amides is 1. The number of aliphatic hydroxyl groups is 4. The zero-order valence-electron chi connectivity index (χ0n) is 40.7. The number of carbonyl (C=O) groups is 3. The van der Waals surface area contributed by atoms with Crippen LogP contribution in [0.3, 0.4) is 0 Å². The largest absolute Gasteiger partial charge is 0.459 e. The normalized spacial score (nSPS) is 46.5. The maximum atomic E-state index is 14.5. The SMILES string of the molecule is CC[C@H]1OC(=O)[C@H](C)[C@@H](O[C@H]2C[C@@](C)(OC)[C@@H](O)[C@H](C)O2)[C@H](C)[C@@H](O[C@@H]2O[C@H](C)C[C@H](N(C)C)[C@H]2OC(=O)C2CSC(C)N2C(C)=O)[C@](C)(O)C[C@@H](C)CN(C)[C@H](C)[C@@H](O)[C@]1(C)O. The molecule has 1 amide bonds. The summed E-state index contributed by atoms with van der Waals surface area (Å²) in [5.74, 6) is -3.35. The first-order valence-corrected chi connectivity index (χ1v) is 23.8. The lowest BCUT2D eigenvalue weighted by molar-refractivity contribution is -0.319. The standard InChI is InChI=1S/C45H81N3O14S/c1-17-33-45(12,55)37(50)27(6)47(15)21-23(2)19-43(10,54)39(25(4)35(26(5)40(52)59-33)60-34-20-44(11,56-16)38(51)28(7)58-34)62-42-36(31(46(13)14)18-24(3)57-42)61-41(53)32-22-63-30(9)48(32)29(8)49/h23-28,30-39,42,50-51,54-55H,17-22H2,1-16H3/t23-,24-,25+,26-,27-,28+,30?,31+,32?,33-,34+,35+,36-,37-,38+,39-,42+,43-,44-,45-/m1/s1. The molecule has 4 N–H and O–H groups in total. The molecule has 2 unspecified atom stereocenters. The van der Waals surface area contributed by atoms with Crippen LogP contribution in [0.15, 0.2) is 0 Å². The fourth-order valence-corrected chi connectivity index (χ4v) is 11.6. The minimum atomic E-state index is -1.85. The van der Waals surface area contributed by atoms with Gasteiger partial charge in [-0.05, 0) is 102 Å². The van der Waals surface area contributed by atoms with Crippen LogP contribution in [0.5, 0.6) is 0 Å². The number of likely N-dealkylation sites (N-methyl/N-ethyl adjacent to an activating group) is 2. The summed E-state index contributed by atoms with van der Waals surface area (Å²) >= 11 is 1.49. The summed E-state index contributed by atoms with van der Waals surface area (Å²) in [5.41, 5.74) is -4.59. The van der Waals surface area contributed by atoms with Crippen LogP contribution in [0, 0.1) is 17.8 Å². The Balaban J connectivity index is 1.87. The van der Waals surface area contributed by atoms with E-state index in [9.17, 15) is 34.8 Å². The third-order valence-corrected chi connectivity index (χ3v) is 15.5. The van der Waals surface area contributed by atoms with Gasteiger partial charge in [0.05, 0.1) is 53.0 Å². The monoisotopic (exact) mass is 920 g/mol. The molecule has 0 aliphatic carbocycles. The van der Waals surface area contributed by atoms with Gasteiger partial charge in [-0.25, -0.2) is 4.79 Å². The molecule has 4 rings (SSSR count). The molecule has 366 valence electrons. The van der Waals surface area contributed by atoms with E-state index in [4.69, 9.17) is 33.2 Å². The van der Waals surface area contributed by atoms with Crippen LogP contribution in [0.2, 0.25) is 0 Å². The number of hydrogen-bond donors (Lipinski definition) is 4. The number of hydrogen-bond acceptors (Lipinski definition) is 17. The second-order valence-corrected chi connectivity index (χ2v) is 21.3. The first-order valence-electron chi connectivity index (χ1n) is 22.8. The lowest BCUT2D eigenvalue weighted by Crippen LogP contribution is -2.61. The van der Waals surface area contributed by atoms with Crippen LogP contribution in [0.1, 0.15) is 109 Å². The predicted molar refractivity (Wildman–Crippen MR) is 236 cm³/mol. The number of esters is 2. The van der Waals surface area contributed by atoms with E-state index in [1.54, 1.807) is 48.5 Å². The molecule has 17 nitrogen and oxygen atoms in total. The molecule has 0 spiro atoms. The minimum Gasteiger partial charge on any atom is -0.459 e. The van der Waals surface area contributed by atoms with Crippen LogP contribution in [0.25, 0.3) is 0 Å². The van der Waals surface area contributed by atoms with E-state index in [1.165, 1.54) is 37.6 Å². The number of cyclic esters (lactones) is 1. The van der Waals surface area contributed by atoms with Crippen molar-refractivity contribution in [2.24, 2.45) is 17.8 Å². The van der Waals surface area contributed by atoms with E-state index in [0.29, 0.717) is 18.7 Å². The summed E-state index contributed by atoms with van der Waals surface area (Å²) < 4.78 is 44.9. The van der Waals surface area contributed by atoms with Gasteiger partial charge in [0.2, 0.25) is 5.91 Å². The van der Waals surface area contributed by atoms with Crippen molar-refractivity contribution < 1.29 is 68.0 Å². The number of methoxy groups -OCH3 is 1. The molecule has 4 aliphatic heterocycles. The highest BCUT2D eigenvalue weighted by Crippen LogP contribution is 2.41. The zero-order valence-corrected chi connectivity index (χ0v) is 41.5. The van der Waals surface area contributed by atoms with E-state index >= 15 is 0 Å². The Bertz CT molecular complexity index is 1540. The van der Waals surface area contributed by atoms with Gasteiger partial charge in [-0.1, -0.05) is 20.8 Å². The maximum absolute atomic E-state index is 14.5. The second kappa shape index (κ2) is 21.5. The number of aliphatic hydroxyl groups excluding tert-OH is 2. The smallest absolute Gasteiger partial charge is 0.330 e. The van der Waals surface area contributed by atoms with Gasteiger partial charge in [0, 0.05) is 44.7 Å². The summed E-state index contributed by atoms with van der Waals surface area (Å²) in [6.45, 7) is 21.1. The molecule has 63 heavy (non-hydrogen) atoms. The number of nitrogens with zero attached hydrogens (tertiary/aromatic N) is 3. The molecule has 18 heteroatoms. The van der Waals surface area contributed by atoms with Gasteiger partial charge in [-0.3, -0.25) is 9.59 Å². The van der Waals surface area contributed by atoms with Crippen molar-refractivity contribution in [2.45, 2.75) is 210 Å². The Morgan fingerprint density at radius 3 is 2.16 bits per heavy atom. The topological polar surface area (TPSA) is 206 Å². The molecular formula is C45H81N3O14S. The molecule has 0 aromatic rings. The zero-order chi connectivity index (χ0) is 47.7. The molecule has 4 aliphatic rings. The highest BCUT2D eigenvalue weighted by Gasteiger charge is 2.54. The summed E-state index contributed by atoms with van der Waals surface area (Å²) in [5, 5.41) is 47.3. The van der Waals surface area contributed by atoms with Crippen molar-refractivity contribution in [3.8, 4) is 0 Å². The molecule has 0 bridgehead atoms. The second-order valence-electron chi connectivity index (χ2n) is 20.0. The Morgan fingerprint density at radius 2 is 1.59 bits per heavy atom. The van der Waals surface area contributed by atoms with Crippen molar-refractivity contribution in [3.05, 3.63) is 0 Å².